The average molecular weight is 166 g/mol. The summed E-state index contributed by atoms with van der Waals surface area (Å²) in [5, 5.41) is 0. The van der Waals surface area contributed by atoms with Gasteiger partial charge in [-0.15, -0.1) is 0 Å². The van der Waals surface area contributed by atoms with Crippen molar-refractivity contribution in [2.24, 2.45) is 5.41 Å². The minimum absolute atomic E-state index is 0.783. The first-order chi connectivity index (χ1) is 5.85. The Balaban J connectivity index is 1.88. The maximum absolute atomic E-state index is 3.95. The first kappa shape index (κ1) is 8.55. The summed E-state index contributed by atoms with van der Waals surface area (Å²) in [5.74, 6) is 0. The van der Waals surface area contributed by atoms with Crippen molar-refractivity contribution in [2.45, 2.75) is 38.5 Å². The van der Waals surface area contributed by atoms with Crippen molar-refractivity contribution in [3.63, 3.8) is 0 Å². The van der Waals surface area contributed by atoms with Gasteiger partial charge in [0, 0.05) is 0 Å². The zero-order chi connectivity index (χ0) is 8.44. The van der Waals surface area contributed by atoms with Gasteiger partial charge in [-0.25, -0.2) is 0 Å². The van der Waals surface area contributed by atoms with Crippen LogP contribution in [0.3, 0.4) is 0 Å². The molecule has 0 aromatic rings. The minimum atomic E-state index is 0.783. The van der Waals surface area contributed by atoms with E-state index in [4.69, 9.17) is 0 Å². The molecule has 12 heavy (non-hydrogen) atoms. The second-order valence-corrected chi connectivity index (χ2v) is 4.55. The quantitative estimate of drug-likeness (QED) is 0.578. The van der Waals surface area contributed by atoms with E-state index in [2.05, 4.69) is 11.8 Å². The zero-order valence-electron chi connectivity index (χ0n) is 8.02. The summed E-state index contributed by atoms with van der Waals surface area (Å²) in [7, 11) is 0. The van der Waals surface area contributed by atoms with Crippen LogP contribution in [0.2, 0.25) is 0 Å². The fourth-order valence-corrected chi connectivity index (χ4v) is 2.88. The third-order valence-corrected chi connectivity index (χ3v) is 3.90. The van der Waals surface area contributed by atoms with Crippen molar-refractivity contribution in [3.05, 3.63) is 6.92 Å². The number of nitrogens with zero attached hydrogens (tertiary/aromatic N) is 1. The molecule has 2 rings (SSSR count). The molecule has 1 heterocycles. The second kappa shape index (κ2) is 3.37. The molecule has 1 heteroatoms. The summed E-state index contributed by atoms with van der Waals surface area (Å²) in [6.07, 6.45) is 8.90. The molecule has 1 aliphatic carbocycles. The van der Waals surface area contributed by atoms with E-state index in [1.807, 2.05) is 0 Å². The maximum atomic E-state index is 3.95. The molecular weight excluding hydrogens is 146 g/mol. The molecule has 1 saturated heterocycles. The Labute approximate surface area is 76.1 Å². The van der Waals surface area contributed by atoms with Crippen LogP contribution in [-0.2, 0) is 0 Å². The van der Waals surface area contributed by atoms with Crippen molar-refractivity contribution in [1.82, 2.24) is 4.90 Å². The molecule has 0 atom stereocenters. The fourth-order valence-electron chi connectivity index (χ4n) is 2.88. The van der Waals surface area contributed by atoms with Crippen LogP contribution < -0.4 is 0 Å². The Bertz CT molecular complexity index is 137. The molecule has 69 valence electrons. The minimum Gasteiger partial charge on any atom is -0.303 e. The van der Waals surface area contributed by atoms with Crippen LogP contribution >= 0.6 is 0 Å². The van der Waals surface area contributed by atoms with Crippen molar-refractivity contribution >= 4 is 0 Å². The van der Waals surface area contributed by atoms with Crippen LogP contribution in [0.25, 0.3) is 0 Å². The lowest BCUT2D eigenvalue weighted by Gasteiger charge is -2.38. The van der Waals surface area contributed by atoms with Gasteiger partial charge in [0.15, 0.2) is 0 Å². The van der Waals surface area contributed by atoms with Gasteiger partial charge in [-0.2, -0.15) is 0 Å². The van der Waals surface area contributed by atoms with Crippen LogP contribution in [0, 0.1) is 12.3 Å². The molecule has 0 aromatic carbocycles. The normalized spacial score (nSPS) is 29.8. The third-order valence-electron chi connectivity index (χ3n) is 3.90. The van der Waals surface area contributed by atoms with E-state index in [9.17, 15) is 0 Å². The van der Waals surface area contributed by atoms with E-state index in [0.717, 1.165) is 12.0 Å². The highest BCUT2D eigenvalue weighted by atomic mass is 15.1. The monoisotopic (exact) mass is 166 g/mol. The second-order valence-electron chi connectivity index (χ2n) is 4.55. The molecular formula is C11H20N. The summed E-state index contributed by atoms with van der Waals surface area (Å²) < 4.78 is 0. The first-order valence-electron chi connectivity index (χ1n) is 5.36. The lowest BCUT2D eigenvalue weighted by molar-refractivity contribution is 0.117. The predicted molar refractivity (Wildman–Crippen MR) is 51.9 cm³/mol. The number of likely N-dealkylation sites (tertiary alicyclic amines) is 1. The van der Waals surface area contributed by atoms with Gasteiger partial charge in [0.1, 0.15) is 0 Å². The molecule has 0 unspecified atom stereocenters. The molecule has 1 aliphatic heterocycles. The smallest absolute Gasteiger partial charge is 0.00134 e. The van der Waals surface area contributed by atoms with E-state index in [1.54, 1.807) is 0 Å². The van der Waals surface area contributed by atoms with Gasteiger partial charge in [-0.3, -0.25) is 0 Å². The van der Waals surface area contributed by atoms with Gasteiger partial charge in [0.2, 0.25) is 0 Å². The summed E-state index contributed by atoms with van der Waals surface area (Å²) in [4.78, 5) is 2.49. The first-order valence-corrected chi connectivity index (χ1v) is 5.36. The van der Waals surface area contributed by atoms with Crippen molar-refractivity contribution in [2.75, 3.05) is 19.6 Å². The molecule has 1 spiro atoms. The summed E-state index contributed by atoms with van der Waals surface area (Å²) in [6.45, 7) is 7.58. The highest BCUT2D eigenvalue weighted by molar-refractivity contribution is 4.89. The van der Waals surface area contributed by atoms with Gasteiger partial charge >= 0.3 is 0 Å². The Hall–Kier alpha value is -0.0400. The average Bonchev–Trinajstić information content (AvgIpc) is 2.55. The summed E-state index contributed by atoms with van der Waals surface area (Å²) in [5.41, 5.74) is 0.783. The SMILES string of the molecule is [CH2]CN1CCC2(CCCC2)CC1. The van der Waals surface area contributed by atoms with Crippen LogP contribution in [0.1, 0.15) is 38.5 Å². The highest BCUT2D eigenvalue weighted by Gasteiger charge is 2.36. The molecule has 2 fully saturated rings. The summed E-state index contributed by atoms with van der Waals surface area (Å²) in [6, 6.07) is 0. The predicted octanol–water partition coefficient (Wildman–Crippen LogP) is 2.48. The molecule has 0 aromatic heterocycles. The Morgan fingerprint density at radius 3 is 2.08 bits per heavy atom. The molecule has 2 aliphatic rings. The third kappa shape index (κ3) is 1.52. The standard InChI is InChI=1S/C11H20N/c1-2-12-9-7-11(8-10-12)5-3-4-6-11/h1-10H2. The van der Waals surface area contributed by atoms with E-state index >= 15 is 0 Å². The molecule has 1 nitrogen and oxygen atoms in total. The molecule has 1 radical (unpaired) electrons. The lowest BCUT2D eigenvalue weighted by Crippen LogP contribution is -2.38. The van der Waals surface area contributed by atoms with E-state index < -0.39 is 0 Å². The van der Waals surface area contributed by atoms with Crippen molar-refractivity contribution < 1.29 is 0 Å². The van der Waals surface area contributed by atoms with E-state index in [0.29, 0.717) is 0 Å². The Kier molecular flexibility index (Phi) is 2.40. The van der Waals surface area contributed by atoms with Crippen molar-refractivity contribution in [1.29, 1.82) is 0 Å². The van der Waals surface area contributed by atoms with Gasteiger partial charge in [-0.05, 0) is 57.7 Å². The lowest BCUT2D eigenvalue weighted by atomic mass is 9.77. The highest BCUT2D eigenvalue weighted by Crippen LogP contribution is 2.45. The Morgan fingerprint density at radius 2 is 1.58 bits per heavy atom. The zero-order valence-corrected chi connectivity index (χ0v) is 8.02. The van der Waals surface area contributed by atoms with Gasteiger partial charge in [0.25, 0.3) is 0 Å². The van der Waals surface area contributed by atoms with Crippen LogP contribution in [0.15, 0.2) is 0 Å². The van der Waals surface area contributed by atoms with Gasteiger partial charge in [0.05, 0.1) is 0 Å². The topological polar surface area (TPSA) is 3.24 Å². The van der Waals surface area contributed by atoms with Crippen molar-refractivity contribution in [3.8, 4) is 0 Å². The number of rotatable bonds is 1. The molecule has 0 bridgehead atoms. The number of hydrogen-bond donors (Lipinski definition) is 0. The van der Waals surface area contributed by atoms with Crippen LogP contribution in [0.4, 0.5) is 0 Å². The molecule has 0 N–H and O–H groups in total. The summed E-state index contributed by atoms with van der Waals surface area (Å²) >= 11 is 0. The largest absolute Gasteiger partial charge is 0.303 e. The molecule has 0 amide bonds. The molecule has 1 saturated carbocycles. The fraction of sp³-hybridized carbons (Fsp3) is 0.909. The maximum Gasteiger partial charge on any atom is -0.00134 e. The van der Waals surface area contributed by atoms with E-state index in [-0.39, 0.29) is 0 Å². The van der Waals surface area contributed by atoms with Crippen LogP contribution in [-0.4, -0.2) is 24.5 Å². The number of hydrogen-bond acceptors (Lipinski definition) is 1. The van der Waals surface area contributed by atoms with Gasteiger partial charge in [-0.1, -0.05) is 12.8 Å². The Morgan fingerprint density at radius 1 is 1.00 bits per heavy atom. The van der Waals surface area contributed by atoms with Crippen LogP contribution in [0.5, 0.6) is 0 Å². The number of piperidine rings is 1. The van der Waals surface area contributed by atoms with E-state index in [1.165, 1.54) is 51.6 Å². The van der Waals surface area contributed by atoms with Gasteiger partial charge < -0.3 is 4.90 Å².